The molecule has 0 atom stereocenters. The molecule has 0 fully saturated rings. The summed E-state index contributed by atoms with van der Waals surface area (Å²) in [6.45, 7) is 5.33. The third-order valence-electron chi connectivity index (χ3n) is 3.03. The van der Waals surface area contributed by atoms with Gasteiger partial charge in [0.15, 0.2) is 0 Å². The van der Waals surface area contributed by atoms with Gasteiger partial charge in [-0.1, -0.05) is 32.8 Å². The summed E-state index contributed by atoms with van der Waals surface area (Å²) in [5.74, 6) is 0.382. The number of benzene rings is 1. The number of nitrogens with one attached hydrogen (secondary N) is 1. The molecule has 0 aliphatic heterocycles. The standard InChI is InChI=1S/C14H21NO2/c1-4-11(5-2)10-15-13-8-6-7-12(9-13)14(16)17-3/h6-9,11,15H,4-5,10H2,1-3H3. The third kappa shape index (κ3) is 4.10. The van der Waals surface area contributed by atoms with Gasteiger partial charge in [-0.05, 0) is 24.1 Å². The molecule has 0 radical (unpaired) electrons. The first-order valence-corrected chi connectivity index (χ1v) is 6.13. The predicted octanol–water partition coefficient (Wildman–Crippen LogP) is 3.32. The van der Waals surface area contributed by atoms with E-state index in [-0.39, 0.29) is 5.97 Å². The number of carbonyl (C=O) groups is 1. The summed E-state index contributed by atoms with van der Waals surface area (Å²) >= 11 is 0. The Balaban J connectivity index is 2.62. The molecule has 94 valence electrons. The molecule has 1 rings (SSSR count). The molecule has 3 heteroatoms. The molecule has 0 saturated carbocycles. The van der Waals surface area contributed by atoms with Crippen LogP contribution in [0, 0.1) is 5.92 Å². The second kappa shape index (κ2) is 6.94. The van der Waals surface area contributed by atoms with Crippen molar-refractivity contribution < 1.29 is 9.53 Å². The van der Waals surface area contributed by atoms with E-state index in [0.717, 1.165) is 12.2 Å². The van der Waals surface area contributed by atoms with Crippen LogP contribution in [0.1, 0.15) is 37.0 Å². The maximum Gasteiger partial charge on any atom is 0.337 e. The molecule has 17 heavy (non-hydrogen) atoms. The number of carbonyl (C=O) groups excluding carboxylic acids is 1. The lowest BCUT2D eigenvalue weighted by molar-refractivity contribution is 0.0601. The summed E-state index contributed by atoms with van der Waals surface area (Å²) in [5.41, 5.74) is 1.56. The zero-order valence-electron chi connectivity index (χ0n) is 10.8. The van der Waals surface area contributed by atoms with Crippen molar-refractivity contribution in [3.8, 4) is 0 Å². The highest BCUT2D eigenvalue weighted by atomic mass is 16.5. The third-order valence-corrected chi connectivity index (χ3v) is 3.03. The second-order valence-corrected chi connectivity index (χ2v) is 4.14. The molecular formula is C14H21NO2. The lowest BCUT2D eigenvalue weighted by atomic mass is 10.0. The summed E-state index contributed by atoms with van der Waals surface area (Å²) in [6.07, 6.45) is 2.33. The zero-order chi connectivity index (χ0) is 12.7. The predicted molar refractivity (Wildman–Crippen MR) is 70.3 cm³/mol. The SMILES string of the molecule is CCC(CC)CNc1cccc(C(=O)OC)c1. The number of rotatable bonds is 6. The lowest BCUT2D eigenvalue weighted by Crippen LogP contribution is -2.13. The van der Waals surface area contributed by atoms with Gasteiger partial charge in [-0.25, -0.2) is 4.79 Å². The molecule has 0 aromatic heterocycles. The van der Waals surface area contributed by atoms with Crippen LogP contribution in [0.25, 0.3) is 0 Å². The summed E-state index contributed by atoms with van der Waals surface area (Å²) in [7, 11) is 1.40. The van der Waals surface area contributed by atoms with Gasteiger partial charge in [-0.15, -0.1) is 0 Å². The Morgan fingerprint density at radius 2 is 2.06 bits per heavy atom. The molecule has 0 saturated heterocycles. The van der Waals surface area contributed by atoms with Gasteiger partial charge in [0, 0.05) is 12.2 Å². The first kappa shape index (κ1) is 13.6. The number of hydrogen-bond acceptors (Lipinski definition) is 3. The van der Waals surface area contributed by atoms with Crippen molar-refractivity contribution in [2.45, 2.75) is 26.7 Å². The van der Waals surface area contributed by atoms with Crippen molar-refractivity contribution in [1.29, 1.82) is 0 Å². The monoisotopic (exact) mass is 235 g/mol. The minimum Gasteiger partial charge on any atom is -0.465 e. The van der Waals surface area contributed by atoms with Crippen LogP contribution in [0.4, 0.5) is 5.69 Å². The minimum atomic E-state index is -0.295. The summed E-state index contributed by atoms with van der Waals surface area (Å²) in [5, 5.41) is 3.36. The normalized spacial score (nSPS) is 10.4. The van der Waals surface area contributed by atoms with Crippen LogP contribution in [0.5, 0.6) is 0 Å². The van der Waals surface area contributed by atoms with Crippen molar-refractivity contribution in [2.24, 2.45) is 5.92 Å². The summed E-state index contributed by atoms with van der Waals surface area (Å²) in [6, 6.07) is 7.42. The first-order chi connectivity index (χ1) is 8.21. The van der Waals surface area contributed by atoms with Gasteiger partial charge < -0.3 is 10.1 Å². The first-order valence-electron chi connectivity index (χ1n) is 6.13. The molecule has 3 nitrogen and oxygen atoms in total. The Kier molecular flexibility index (Phi) is 5.53. The van der Waals surface area contributed by atoms with E-state index in [2.05, 4.69) is 19.2 Å². The number of ether oxygens (including phenoxy) is 1. The van der Waals surface area contributed by atoms with Crippen LogP contribution in [0.3, 0.4) is 0 Å². The zero-order valence-corrected chi connectivity index (χ0v) is 10.8. The van der Waals surface area contributed by atoms with Gasteiger partial charge in [0.25, 0.3) is 0 Å². The van der Waals surface area contributed by atoms with Crippen molar-refractivity contribution >= 4 is 11.7 Å². The van der Waals surface area contributed by atoms with Crippen LogP contribution in [-0.2, 0) is 4.74 Å². The number of hydrogen-bond donors (Lipinski definition) is 1. The van der Waals surface area contributed by atoms with Crippen LogP contribution in [0.2, 0.25) is 0 Å². The average Bonchev–Trinajstić information content (AvgIpc) is 2.39. The Hall–Kier alpha value is -1.51. The van der Waals surface area contributed by atoms with E-state index in [0.29, 0.717) is 11.5 Å². The Bertz CT molecular complexity index is 359. The van der Waals surface area contributed by atoms with E-state index >= 15 is 0 Å². The number of esters is 1. The van der Waals surface area contributed by atoms with Crippen molar-refractivity contribution in [2.75, 3.05) is 19.0 Å². The van der Waals surface area contributed by atoms with Crippen molar-refractivity contribution in [3.05, 3.63) is 29.8 Å². The van der Waals surface area contributed by atoms with E-state index in [1.165, 1.54) is 20.0 Å². The molecule has 1 aromatic carbocycles. The molecule has 0 aliphatic rings. The molecule has 0 unspecified atom stereocenters. The van der Waals surface area contributed by atoms with Gasteiger partial charge in [0.05, 0.1) is 12.7 Å². The molecule has 0 bridgehead atoms. The molecule has 0 aliphatic carbocycles. The molecule has 1 aromatic rings. The van der Waals surface area contributed by atoms with E-state index in [4.69, 9.17) is 4.74 Å². The van der Waals surface area contributed by atoms with E-state index < -0.39 is 0 Å². The summed E-state index contributed by atoms with van der Waals surface area (Å²) in [4.78, 5) is 11.4. The molecule has 1 N–H and O–H groups in total. The fourth-order valence-corrected chi connectivity index (χ4v) is 1.71. The quantitative estimate of drug-likeness (QED) is 0.769. The van der Waals surface area contributed by atoms with Crippen LogP contribution < -0.4 is 5.32 Å². The van der Waals surface area contributed by atoms with Gasteiger partial charge in [0.1, 0.15) is 0 Å². The maximum atomic E-state index is 11.4. The van der Waals surface area contributed by atoms with Crippen LogP contribution in [0.15, 0.2) is 24.3 Å². The molecular weight excluding hydrogens is 214 g/mol. The highest BCUT2D eigenvalue weighted by molar-refractivity contribution is 5.90. The lowest BCUT2D eigenvalue weighted by Gasteiger charge is -2.14. The molecule has 0 amide bonds. The van der Waals surface area contributed by atoms with Gasteiger partial charge in [0.2, 0.25) is 0 Å². The topological polar surface area (TPSA) is 38.3 Å². The Morgan fingerprint density at radius 1 is 1.35 bits per heavy atom. The Labute approximate surface area is 103 Å². The maximum absolute atomic E-state index is 11.4. The van der Waals surface area contributed by atoms with Crippen LogP contribution >= 0.6 is 0 Å². The van der Waals surface area contributed by atoms with Gasteiger partial charge in [-0.2, -0.15) is 0 Å². The molecule has 0 heterocycles. The Morgan fingerprint density at radius 3 is 2.65 bits per heavy atom. The van der Waals surface area contributed by atoms with Crippen molar-refractivity contribution in [3.63, 3.8) is 0 Å². The van der Waals surface area contributed by atoms with Crippen molar-refractivity contribution in [1.82, 2.24) is 0 Å². The van der Waals surface area contributed by atoms with Gasteiger partial charge in [-0.3, -0.25) is 0 Å². The van der Waals surface area contributed by atoms with E-state index in [1.807, 2.05) is 18.2 Å². The fourth-order valence-electron chi connectivity index (χ4n) is 1.71. The fraction of sp³-hybridized carbons (Fsp3) is 0.500. The number of anilines is 1. The van der Waals surface area contributed by atoms with E-state index in [1.54, 1.807) is 6.07 Å². The number of methoxy groups -OCH3 is 1. The smallest absolute Gasteiger partial charge is 0.337 e. The summed E-state index contributed by atoms with van der Waals surface area (Å²) < 4.78 is 4.69. The minimum absolute atomic E-state index is 0.295. The highest BCUT2D eigenvalue weighted by Gasteiger charge is 2.06. The van der Waals surface area contributed by atoms with Crippen LogP contribution in [-0.4, -0.2) is 19.6 Å². The molecule has 0 spiro atoms. The highest BCUT2D eigenvalue weighted by Crippen LogP contribution is 2.14. The largest absolute Gasteiger partial charge is 0.465 e. The second-order valence-electron chi connectivity index (χ2n) is 4.14. The van der Waals surface area contributed by atoms with Gasteiger partial charge >= 0.3 is 5.97 Å². The average molecular weight is 235 g/mol. The van der Waals surface area contributed by atoms with E-state index in [9.17, 15) is 4.79 Å².